The molecule has 0 saturated heterocycles. The Hall–Kier alpha value is 2.45. The first kappa shape index (κ1) is 31.9. The van der Waals surface area contributed by atoms with Gasteiger partial charge in [-0.05, 0) is 0 Å². The molecule has 0 amide bonds. The van der Waals surface area contributed by atoms with E-state index >= 15 is 0 Å². The summed E-state index contributed by atoms with van der Waals surface area (Å²) in [5.74, 6) is 0. The summed E-state index contributed by atoms with van der Waals surface area (Å²) >= 11 is 0. The van der Waals surface area contributed by atoms with E-state index in [1.165, 1.54) is 0 Å². The molecule has 0 rings (SSSR count). The van der Waals surface area contributed by atoms with E-state index in [4.69, 9.17) is 0 Å². The molecule has 0 aromatic rings. The quantitative estimate of drug-likeness (QED) is 0.444. The van der Waals surface area contributed by atoms with E-state index < -0.39 is 0 Å². The Balaban J connectivity index is 0. The monoisotopic (exact) mass is 274 g/mol. The van der Waals surface area contributed by atoms with E-state index in [-0.39, 0.29) is 77.2 Å². The van der Waals surface area contributed by atoms with Crippen LogP contribution in [0.4, 0.5) is 0 Å². The summed E-state index contributed by atoms with van der Waals surface area (Å²) in [5, 5.41) is 0. The van der Waals surface area contributed by atoms with Crippen LogP contribution in [0.5, 0.6) is 0 Å². The summed E-state index contributed by atoms with van der Waals surface area (Å²) in [6.07, 6.45) is 0. The van der Waals surface area contributed by atoms with E-state index in [0.717, 1.165) is 0 Å². The smallest absolute Gasteiger partial charge is 0 e. The van der Waals surface area contributed by atoms with Crippen LogP contribution in [0.25, 0.3) is 0 Å². The van der Waals surface area contributed by atoms with Crippen LogP contribution in [0.15, 0.2) is 0 Å². The van der Waals surface area contributed by atoms with E-state index in [2.05, 4.69) is 0 Å². The molecule has 0 N–H and O–H groups in total. The molecule has 0 aliphatic rings. The Morgan fingerprint density at radius 1 is 1.00 bits per heavy atom. The largest absolute Gasteiger partial charge is 0 e. The summed E-state index contributed by atoms with van der Waals surface area (Å²) in [4.78, 5) is 0. The molecule has 0 spiro atoms. The summed E-state index contributed by atoms with van der Waals surface area (Å²) in [6.45, 7) is 0. The zero-order chi connectivity index (χ0) is 0. The molecule has 0 bridgehead atoms. The van der Waals surface area contributed by atoms with Gasteiger partial charge in [-0.1, -0.05) is 0 Å². The molecule has 0 nitrogen and oxygen atoms in total. The van der Waals surface area contributed by atoms with Gasteiger partial charge >= 0.3 is 23.9 Å². The van der Waals surface area contributed by atoms with Gasteiger partial charge in [0.25, 0.3) is 0 Å². The molecular weight excluding hydrogens is 270 g/mol. The Labute approximate surface area is 76.3 Å². The fraction of sp³-hybridized carbons (Fsp3) is 0. The minimum absolute atomic E-state index is 0. The third-order valence-electron chi connectivity index (χ3n) is 0. The van der Waals surface area contributed by atoms with Crippen molar-refractivity contribution in [3.8, 4) is 0 Å². The summed E-state index contributed by atoms with van der Waals surface area (Å²) in [5.41, 5.74) is 0. The van der Waals surface area contributed by atoms with E-state index in [0.29, 0.717) is 0 Å². The van der Waals surface area contributed by atoms with Gasteiger partial charge in [-0.3, -0.25) is 0 Å². The summed E-state index contributed by atoms with van der Waals surface area (Å²) in [7, 11) is 0. The number of rotatable bonds is 0. The maximum absolute atomic E-state index is 0. The fourth-order valence-corrected chi connectivity index (χ4v) is 0. The average Bonchev–Trinajstić information content (AvgIpc) is 0. The zero-order valence-corrected chi connectivity index (χ0v) is 9.72. The number of hydrogen-bond donors (Lipinski definition) is 0. The fourth-order valence-electron chi connectivity index (χ4n) is 0. The first-order valence-electron chi connectivity index (χ1n) is 0. The third-order valence-corrected chi connectivity index (χ3v) is 0. The van der Waals surface area contributed by atoms with Crippen LogP contribution < -0.4 is 0 Å². The molecule has 0 aliphatic carbocycles. The molecule has 0 aromatic heterocycles. The Morgan fingerprint density at radius 3 is 1.00 bits per heavy atom. The maximum Gasteiger partial charge on any atom is 0 e. The van der Waals surface area contributed by atoms with Gasteiger partial charge < -0.3 is 0 Å². The van der Waals surface area contributed by atoms with Crippen molar-refractivity contribution in [2.45, 2.75) is 0 Å². The van der Waals surface area contributed by atoms with Gasteiger partial charge in [-0.2, -0.15) is 0 Å². The van der Waals surface area contributed by atoms with Gasteiger partial charge in [0.05, 0.1) is 0 Å². The van der Waals surface area contributed by atoms with Crippen molar-refractivity contribution < 1.29 is 36.0 Å². The second-order valence-corrected chi connectivity index (χ2v) is 0. The predicted octanol–water partition coefficient (Wildman–Crippen LogP) is -2.11. The minimum atomic E-state index is 0. The zero-order valence-electron chi connectivity index (χ0n) is 1.73. The van der Waals surface area contributed by atoms with Crippen LogP contribution in [0, 0.1) is 0 Å². The summed E-state index contributed by atoms with van der Waals surface area (Å²) < 4.78 is 0. The number of hydrogen-bond acceptors (Lipinski definition) is 0. The third kappa shape index (κ3) is 8.82. The summed E-state index contributed by atoms with van der Waals surface area (Å²) in [6, 6.07) is 0. The van der Waals surface area contributed by atoms with Crippen LogP contribution in [0.1, 0.15) is 0 Å². The van der Waals surface area contributed by atoms with Gasteiger partial charge in [0.1, 0.15) is 0 Å². The molecular formula is H5AlNiSnZn. The molecule has 0 atom stereocenters. The first-order chi connectivity index (χ1) is 0. The standard InChI is InChI=1S/Al.Ni.Sn.Zn.5H. The van der Waals surface area contributed by atoms with Crippen molar-refractivity contribution in [1.29, 1.82) is 0 Å². The molecule has 4 heavy (non-hydrogen) atoms. The Kier molecular flexibility index (Phi) is 144. The van der Waals surface area contributed by atoms with Crippen LogP contribution >= 0.6 is 0 Å². The van der Waals surface area contributed by atoms with Crippen molar-refractivity contribution in [2.24, 2.45) is 0 Å². The molecule has 0 fully saturated rings. The molecule has 0 unspecified atom stereocenters. The van der Waals surface area contributed by atoms with Crippen molar-refractivity contribution in [3.63, 3.8) is 0 Å². The predicted molar refractivity (Wildman–Crippen MR) is 18.5 cm³/mol. The molecule has 0 saturated carbocycles. The van der Waals surface area contributed by atoms with Gasteiger partial charge in [-0.25, -0.2) is 0 Å². The first-order valence-corrected chi connectivity index (χ1v) is 0. The maximum atomic E-state index is 0. The van der Waals surface area contributed by atoms with Gasteiger partial charge in [0.2, 0.25) is 0 Å². The second-order valence-electron chi connectivity index (χ2n) is 0. The van der Waals surface area contributed by atoms with Crippen molar-refractivity contribution in [1.82, 2.24) is 0 Å². The molecule has 0 aromatic carbocycles. The van der Waals surface area contributed by atoms with Crippen molar-refractivity contribution in [2.75, 3.05) is 0 Å². The normalized spacial score (nSPS) is 0. The van der Waals surface area contributed by atoms with E-state index in [1.54, 1.807) is 0 Å². The van der Waals surface area contributed by atoms with Crippen molar-refractivity contribution in [3.05, 3.63) is 0 Å². The minimum Gasteiger partial charge on any atom is 0 e. The Morgan fingerprint density at radius 2 is 1.00 bits per heavy atom. The average molecular weight is 275 g/mol. The van der Waals surface area contributed by atoms with Gasteiger partial charge in [0, 0.05) is 36.0 Å². The molecule has 24 valence electrons. The molecule has 2 radical (unpaired) electrons. The van der Waals surface area contributed by atoms with Gasteiger partial charge in [-0.15, -0.1) is 0 Å². The molecule has 0 aliphatic heterocycles. The van der Waals surface area contributed by atoms with Crippen LogP contribution in [-0.2, 0) is 36.0 Å². The SMILES string of the molecule is [AlH3].[Ni].[SnH2].[Zn]. The van der Waals surface area contributed by atoms with Crippen LogP contribution in [-0.4, -0.2) is 41.3 Å². The van der Waals surface area contributed by atoms with Gasteiger partial charge in [0.15, 0.2) is 17.4 Å². The van der Waals surface area contributed by atoms with Crippen LogP contribution in [0.3, 0.4) is 0 Å². The molecule has 0 heterocycles. The van der Waals surface area contributed by atoms with E-state index in [9.17, 15) is 0 Å². The van der Waals surface area contributed by atoms with Crippen LogP contribution in [0.2, 0.25) is 0 Å². The second kappa shape index (κ2) is 18.0. The van der Waals surface area contributed by atoms with Crippen molar-refractivity contribution >= 4 is 41.3 Å². The topological polar surface area (TPSA) is 0 Å². The Bertz CT molecular complexity index is 8.00. The van der Waals surface area contributed by atoms with E-state index in [1.807, 2.05) is 0 Å². The molecule has 4 heteroatoms.